The van der Waals surface area contributed by atoms with Gasteiger partial charge in [0, 0.05) is 11.3 Å². The molecular weight excluding hydrogens is 230 g/mol. The van der Waals surface area contributed by atoms with Gasteiger partial charge in [0.05, 0.1) is 0 Å². The maximum atomic E-state index is 11.1. The van der Waals surface area contributed by atoms with E-state index < -0.39 is 0 Å². The van der Waals surface area contributed by atoms with Gasteiger partial charge in [-0.3, -0.25) is 4.79 Å². The lowest BCUT2D eigenvalue weighted by molar-refractivity contribution is 0.101. The van der Waals surface area contributed by atoms with Crippen LogP contribution in [0.1, 0.15) is 17.3 Å². The van der Waals surface area contributed by atoms with Crippen LogP contribution in [0.5, 0.6) is 0 Å². The molecule has 0 unspecified atom stereocenters. The number of aromatic nitrogens is 2. The van der Waals surface area contributed by atoms with E-state index in [9.17, 15) is 4.79 Å². The highest BCUT2D eigenvalue weighted by molar-refractivity contribution is 5.94. The summed E-state index contributed by atoms with van der Waals surface area (Å²) >= 11 is 0. The molecule has 1 heterocycles. The van der Waals surface area contributed by atoms with Crippen molar-refractivity contribution in [1.82, 2.24) is 9.97 Å². The van der Waals surface area contributed by atoms with E-state index in [0.717, 1.165) is 5.69 Å². The number of carbonyl (C=O) groups is 1. The molecule has 6 heteroatoms. The molecule has 0 aliphatic heterocycles. The summed E-state index contributed by atoms with van der Waals surface area (Å²) in [5.41, 5.74) is 13.0. The fraction of sp³-hybridized carbons (Fsp3) is 0.0833. The number of nitrogens with two attached hydrogens (primary N) is 2. The normalized spacial score (nSPS) is 10.1. The predicted octanol–water partition coefficient (Wildman–Crippen LogP) is 1.59. The molecule has 1 aromatic carbocycles. The van der Waals surface area contributed by atoms with E-state index in [1.807, 2.05) is 0 Å². The molecule has 0 aliphatic rings. The highest BCUT2D eigenvalue weighted by Crippen LogP contribution is 2.23. The molecule has 18 heavy (non-hydrogen) atoms. The molecule has 0 spiro atoms. The quantitative estimate of drug-likeness (QED) is 0.706. The number of carbonyl (C=O) groups excluding carboxylic acids is 1. The van der Waals surface area contributed by atoms with Gasteiger partial charge in [-0.15, -0.1) is 0 Å². The number of benzene rings is 1. The first-order chi connectivity index (χ1) is 8.58. The van der Waals surface area contributed by atoms with Crippen molar-refractivity contribution < 1.29 is 4.79 Å². The Hall–Kier alpha value is -2.63. The Labute approximate surface area is 104 Å². The molecule has 0 aliphatic carbocycles. The summed E-state index contributed by atoms with van der Waals surface area (Å²) < 4.78 is 0. The smallest absolute Gasteiger partial charge is 0.159 e. The molecule has 0 fully saturated rings. The lowest BCUT2D eigenvalue weighted by Gasteiger charge is -2.09. The SMILES string of the molecule is CC(=O)c1ccc(Nc2ncnc(N)c2N)cc1. The average molecular weight is 243 g/mol. The molecular formula is C12H13N5O. The van der Waals surface area contributed by atoms with Crippen molar-refractivity contribution in [3.63, 3.8) is 0 Å². The zero-order chi connectivity index (χ0) is 13.1. The molecule has 0 atom stereocenters. The highest BCUT2D eigenvalue weighted by atomic mass is 16.1. The molecule has 2 aromatic rings. The third kappa shape index (κ3) is 2.37. The minimum absolute atomic E-state index is 0.0207. The summed E-state index contributed by atoms with van der Waals surface area (Å²) in [5.74, 6) is 0.693. The number of rotatable bonds is 3. The largest absolute Gasteiger partial charge is 0.393 e. The van der Waals surface area contributed by atoms with Crippen molar-refractivity contribution in [2.45, 2.75) is 6.92 Å². The van der Waals surface area contributed by atoms with Crippen LogP contribution >= 0.6 is 0 Å². The Morgan fingerprint density at radius 3 is 2.44 bits per heavy atom. The van der Waals surface area contributed by atoms with Crippen LogP contribution in [0.4, 0.5) is 23.0 Å². The number of Topliss-reactive ketones (excluding diaryl/α,β-unsaturated/α-hetero) is 1. The molecule has 0 saturated carbocycles. The lowest BCUT2D eigenvalue weighted by atomic mass is 10.1. The molecule has 2 rings (SSSR count). The van der Waals surface area contributed by atoms with E-state index >= 15 is 0 Å². The monoisotopic (exact) mass is 243 g/mol. The summed E-state index contributed by atoms with van der Waals surface area (Å²) in [6.45, 7) is 1.52. The zero-order valence-electron chi connectivity index (χ0n) is 9.84. The second-order valence-electron chi connectivity index (χ2n) is 3.78. The second kappa shape index (κ2) is 4.70. The van der Waals surface area contributed by atoms with Crippen molar-refractivity contribution in [3.8, 4) is 0 Å². The summed E-state index contributed by atoms with van der Waals surface area (Å²) in [6.07, 6.45) is 1.33. The van der Waals surface area contributed by atoms with E-state index in [1.54, 1.807) is 24.3 Å². The van der Waals surface area contributed by atoms with Crippen LogP contribution in [0.25, 0.3) is 0 Å². The van der Waals surface area contributed by atoms with E-state index in [4.69, 9.17) is 11.5 Å². The first-order valence-electron chi connectivity index (χ1n) is 5.32. The van der Waals surface area contributed by atoms with Crippen LogP contribution in [0, 0.1) is 0 Å². The highest BCUT2D eigenvalue weighted by Gasteiger charge is 2.05. The third-order valence-electron chi connectivity index (χ3n) is 2.47. The third-order valence-corrected chi connectivity index (χ3v) is 2.47. The van der Waals surface area contributed by atoms with Crippen molar-refractivity contribution in [2.24, 2.45) is 0 Å². The van der Waals surface area contributed by atoms with Crippen molar-refractivity contribution in [1.29, 1.82) is 0 Å². The molecule has 92 valence electrons. The number of nitrogen functional groups attached to an aromatic ring is 2. The van der Waals surface area contributed by atoms with Gasteiger partial charge in [-0.2, -0.15) is 0 Å². The van der Waals surface area contributed by atoms with Gasteiger partial charge in [-0.1, -0.05) is 0 Å². The van der Waals surface area contributed by atoms with Crippen LogP contribution in [0.3, 0.4) is 0 Å². The first kappa shape index (κ1) is 11.8. The topological polar surface area (TPSA) is 107 Å². The van der Waals surface area contributed by atoms with Gasteiger partial charge in [0.25, 0.3) is 0 Å². The molecule has 1 aromatic heterocycles. The fourth-order valence-corrected chi connectivity index (χ4v) is 1.43. The standard InChI is InChI=1S/C12H13N5O/c1-7(18)8-2-4-9(5-3-8)17-12-10(13)11(14)15-6-16-12/h2-6H,13H2,1H3,(H3,14,15,16,17). The van der Waals surface area contributed by atoms with Gasteiger partial charge in [-0.05, 0) is 31.2 Å². The molecule has 6 nitrogen and oxygen atoms in total. The maximum Gasteiger partial charge on any atom is 0.159 e. The Kier molecular flexibility index (Phi) is 3.09. The summed E-state index contributed by atoms with van der Waals surface area (Å²) in [4.78, 5) is 18.9. The van der Waals surface area contributed by atoms with Gasteiger partial charge in [0.1, 0.15) is 12.0 Å². The average Bonchev–Trinajstić information content (AvgIpc) is 2.36. The lowest BCUT2D eigenvalue weighted by Crippen LogP contribution is -2.04. The van der Waals surface area contributed by atoms with E-state index in [1.165, 1.54) is 13.3 Å². The number of nitrogens with zero attached hydrogens (tertiary/aromatic N) is 2. The number of anilines is 4. The van der Waals surface area contributed by atoms with Crippen LogP contribution in [0.2, 0.25) is 0 Å². The summed E-state index contributed by atoms with van der Waals surface area (Å²) in [5, 5.41) is 3.01. The van der Waals surface area contributed by atoms with E-state index in [2.05, 4.69) is 15.3 Å². The Bertz CT molecular complexity index is 580. The number of hydrogen-bond donors (Lipinski definition) is 3. The first-order valence-corrected chi connectivity index (χ1v) is 5.32. The van der Waals surface area contributed by atoms with Crippen LogP contribution < -0.4 is 16.8 Å². The van der Waals surface area contributed by atoms with Crippen molar-refractivity contribution in [2.75, 3.05) is 16.8 Å². The molecule has 0 bridgehead atoms. The predicted molar refractivity (Wildman–Crippen MR) is 70.6 cm³/mol. The molecule has 0 radical (unpaired) electrons. The van der Waals surface area contributed by atoms with E-state index in [0.29, 0.717) is 17.1 Å². The van der Waals surface area contributed by atoms with Gasteiger partial charge in [0.2, 0.25) is 0 Å². The Morgan fingerprint density at radius 1 is 1.17 bits per heavy atom. The number of nitrogens with one attached hydrogen (secondary N) is 1. The molecule has 0 saturated heterocycles. The molecule has 5 N–H and O–H groups in total. The second-order valence-corrected chi connectivity index (χ2v) is 3.78. The van der Waals surface area contributed by atoms with Gasteiger partial charge < -0.3 is 16.8 Å². The van der Waals surface area contributed by atoms with Gasteiger partial charge >= 0.3 is 0 Å². The van der Waals surface area contributed by atoms with Crippen LogP contribution in [-0.4, -0.2) is 15.8 Å². The minimum Gasteiger partial charge on any atom is -0.393 e. The van der Waals surface area contributed by atoms with Crippen molar-refractivity contribution >= 4 is 28.8 Å². The minimum atomic E-state index is 0.0207. The summed E-state index contributed by atoms with van der Waals surface area (Å²) in [6, 6.07) is 7.00. The number of hydrogen-bond acceptors (Lipinski definition) is 6. The fourth-order valence-electron chi connectivity index (χ4n) is 1.43. The number of ketones is 1. The van der Waals surface area contributed by atoms with Crippen LogP contribution in [-0.2, 0) is 0 Å². The Balaban J connectivity index is 2.24. The maximum absolute atomic E-state index is 11.1. The van der Waals surface area contributed by atoms with Crippen LogP contribution in [0.15, 0.2) is 30.6 Å². The van der Waals surface area contributed by atoms with E-state index in [-0.39, 0.29) is 11.6 Å². The summed E-state index contributed by atoms with van der Waals surface area (Å²) in [7, 11) is 0. The Morgan fingerprint density at radius 2 is 1.83 bits per heavy atom. The molecule has 0 amide bonds. The zero-order valence-corrected chi connectivity index (χ0v) is 9.84. The van der Waals surface area contributed by atoms with Gasteiger partial charge in [-0.25, -0.2) is 9.97 Å². The van der Waals surface area contributed by atoms with Crippen molar-refractivity contribution in [3.05, 3.63) is 36.2 Å². The van der Waals surface area contributed by atoms with Gasteiger partial charge in [0.15, 0.2) is 17.4 Å².